The van der Waals surface area contributed by atoms with E-state index in [-0.39, 0.29) is 30.8 Å². The lowest BCUT2D eigenvalue weighted by atomic mass is 10.1. The third-order valence-corrected chi connectivity index (χ3v) is 2.38. The summed E-state index contributed by atoms with van der Waals surface area (Å²) in [6.07, 6.45) is -5.10. The molecule has 0 amide bonds. The predicted molar refractivity (Wildman–Crippen MR) is 63.9 cm³/mol. The van der Waals surface area contributed by atoms with E-state index < -0.39 is 18.2 Å². The number of nitrogens with zero attached hydrogens (tertiary/aromatic N) is 1. The van der Waals surface area contributed by atoms with Crippen LogP contribution >= 0.6 is 0 Å². The Kier molecular flexibility index (Phi) is 5.32. The van der Waals surface area contributed by atoms with Crippen molar-refractivity contribution in [2.45, 2.75) is 33.2 Å². The normalized spacial score (nSPS) is 11.3. The maximum Gasteiger partial charge on any atom is 0.574 e. The second-order valence-electron chi connectivity index (χ2n) is 3.95. The molecule has 0 atom stereocenters. The lowest BCUT2D eigenvalue weighted by molar-refractivity contribution is -0.276. The molecule has 2 N–H and O–H groups in total. The molecule has 5 nitrogen and oxygen atoms in total. The molecule has 0 aliphatic rings. The topological polar surface area (TPSA) is 74.4 Å². The standard InChI is InChI=1S/C12H15F3N2O3/c1-3-19-10(18)5-9-8(6-16)4-7(2)11(17-9)20-12(13,14)15/h4H,3,5-6,16H2,1-2H3. The summed E-state index contributed by atoms with van der Waals surface area (Å²) < 4.78 is 45.3. The van der Waals surface area contributed by atoms with Crippen LogP contribution in [0.4, 0.5) is 13.2 Å². The van der Waals surface area contributed by atoms with Crippen molar-refractivity contribution >= 4 is 5.97 Å². The van der Waals surface area contributed by atoms with E-state index in [0.717, 1.165) is 0 Å². The van der Waals surface area contributed by atoms with Crippen molar-refractivity contribution in [3.8, 4) is 5.88 Å². The van der Waals surface area contributed by atoms with Gasteiger partial charge in [0.25, 0.3) is 0 Å². The zero-order chi connectivity index (χ0) is 15.3. The molecule has 8 heteroatoms. The molecule has 0 unspecified atom stereocenters. The fourth-order valence-electron chi connectivity index (χ4n) is 1.58. The first-order valence-corrected chi connectivity index (χ1v) is 5.87. The second-order valence-corrected chi connectivity index (χ2v) is 3.95. The van der Waals surface area contributed by atoms with Gasteiger partial charge in [-0.05, 0) is 25.5 Å². The van der Waals surface area contributed by atoms with E-state index in [2.05, 4.69) is 9.72 Å². The van der Waals surface area contributed by atoms with E-state index in [0.29, 0.717) is 5.56 Å². The molecular formula is C12H15F3N2O3. The molecular weight excluding hydrogens is 277 g/mol. The number of carbonyl (C=O) groups excluding carboxylic acids is 1. The summed E-state index contributed by atoms with van der Waals surface area (Å²) in [6, 6.07) is 1.42. The highest BCUT2D eigenvalue weighted by atomic mass is 19.4. The number of aryl methyl sites for hydroxylation is 1. The Bertz CT molecular complexity index is 490. The maximum absolute atomic E-state index is 12.2. The Labute approximate surface area is 113 Å². The molecule has 0 aromatic carbocycles. The number of hydrogen-bond acceptors (Lipinski definition) is 5. The van der Waals surface area contributed by atoms with Crippen LogP contribution in [0.15, 0.2) is 6.07 Å². The van der Waals surface area contributed by atoms with Crippen LogP contribution in [-0.2, 0) is 22.5 Å². The SMILES string of the molecule is CCOC(=O)Cc1nc(OC(F)(F)F)c(C)cc1CN. The number of pyridine rings is 1. The summed E-state index contributed by atoms with van der Waals surface area (Å²) in [6.45, 7) is 3.27. The van der Waals surface area contributed by atoms with E-state index >= 15 is 0 Å². The molecule has 0 aliphatic carbocycles. The van der Waals surface area contributed by atoms with Crippen LogP contribution < -0.4 is 10.5 Å². The minimum Gasteiger partial charge on any atom is -0.466 e. The van der Waals surface area contributed by atoms with E-state index in [1.54, 1.807) is 6.92 Å². The molecule has 1 rings (SSSR count). The van der Waals surface area contributed by atoms with E-state index in [1.165, 1.54) is 13.0 Å². The Hall–Kier alpha value is -1.83. The molecule has 0 saturated carbocycles. The van der Waals surface area contributed by atoms with Gasteiger partial charge in [-0.15, -0.1) is 13.2 Å². The number of halogens is 3. The number of carbonyl (C=O) groups is 1. The predicted octanol–water partition coefficient (Wildman–Crippen LogP) is 1.85. The number of alkyl halides is 3. The Morgan fingerprint density at radius 2 is 2.10 bits per heavy atom. The molecule has 0 fully saturated rings. The van der Waals surface area contributed by atoms with E-state index in [9.17, 15) is 18.0 Å². The zero-order valence-corrected chi connectivity index (χ0v) is 11.1. The van der Waals surface area contributed by atoms with Crippen LogP contribution in [0.1, 0.15) is 23.7 Å². The van der Waals surface area contributed by atoms with Gasteiger partial charge >= 0.3 is 12.3 Å². The van der Waals surface area contributed by atoms with Crippen molar-refractivity contribution < 1.29 is 27.4 Å². The molecule has 1 aromatic heterocycles. The van der Waals surface area contributed by atoms with Crippen molar-refractivity contribution in [3.63, 3.8) is 0 Å². The molecule has 112 valence electrons. The average molecular weight is 292 g/mol. The lowest BCUT2D eigenvalue weighted by Gasteiger charge is -2.14. The third-order valence-electron chi connectivity index (χ3n) is 2.38. The Morgan fingerprint density at radius 3 is 2.60 bits per heavy atom. The summed E-state index contributed by atoms with van der Waals surface area (Å²) in [5.41, 5.74) is 6.28. The monoisotopic (exact) mass is 292 g/mol. The summed E-state index contributed by atoms with van der Waals surface area (Å²) in [4.78, 5) is 15.1. The molecule has 0 saturated heterocycles. The summed E-state index contributed by atoms with van der Waals surface area (Å²) in [5, 5.41) is 0. The van der Waals surface area contributed by atoms with Crippen LogP contribution in [-0.4, -0.2) is 23.9 Å². The fraction of sp³-hybridized carbons (Fsp3) is 0.500. The number of hydrogen-bond donors (Lipinski definition) is 1. The number of esters is 1. The van der Waals surface area contributed by atoms with Crippen LogP contribution in [0.5, 0.6) is 5.88 Å². The third kappa shape index (κ3) is 4.69. The molecule has 0 aliphatic heterocycles. The second kappa shape index (κ2) is 6.56. The van der Waals surface area contributed by atoms with Crippen molar-refractivity contribution in [2.75, 3.05) is 6.61 Å². The van der Waals surface area contributed by atoms with Crippen LogP contribution in [0.2, 0.25) is 0 Å². The number of rotatable bonds is 5. The van der Waals surface area contributed by atoms with Gasteiger partial charge in [0, 0.05) is 12.1 Å². The van der Waals surface area contributed by atoms with Gasteiger partial charge in [0.15, 0.2) is 0 Å². The van der Waals surface area contributed by atoms with Gasteiger partial charge in [-0.25, -0.2) is 4.98 Å². The van der Waals surface area contributed by atoms with Crippen LogP contribution in [0.25, 0.3) is 0 Å². The number of nitrogens with two attached hydrogens (primary N) is 1. The fourth-order valence-corrected chi connectivity index (χ4v) is 1.58. The highest BCUT2D eigenvalue weighted by molar-refractivity contribution is 5.72. The number of ether oxygens (including phenoxy) is 2. The summed E-state index contributed by atoms with van der Waals surface area (Å²) >= 11 is 0. The smallest absolute Gasteiger partial charge is 0.466 e. The molecule has 1 heterocycles. The zero-order valence-electron chi connectivity index (χ0n) is 11.1. The van der Waals surface area contributed by atoms with Crippen molar-refractivity contribution in [2.24, 2.45) is 5.73 Å². The minimum absolute atomic E-state index is 0.0505. The van der Waals surface area contributed by atoms with Crippen molar-refractivity contribution in [1.29, 1.82) is 0 Å². The van der Waals surface area contributed by atoms with E-state index in [1.807, 2.05) is 0 Å². The van der Waals surface area contributed by atoms with E-state index in [4.69, 9.17) is 10.5 Å². The van der Waals surface area contributed by atoms with Gasteiger partial charge in [-0.1, -0.05) is 0 Å². The van der Waals surface area contributed by atoms with Gasteiger partial charge < -0.3 is 15.2 Å². The average Bonchev–Trinajstić information content (AvgIpc) is 2.31. The first-order valence-electron chi connectivity index (χ1n) is 5.87. The molecule has 0 radical (unpaired) electrons. The van der Waals surface area contributed by atoms with Gasteiger partial charge in [0.2, 0.25) is 5.88 Å². The molecule has 0 bridgehead atoms. The first-order chi connectivity index (χ1) is 9.26. The Morgan fingerprint density at radius 1 is 1.45 bits per heavy atom. The summed E-state index contributed by atoms with van der Waals surface area (Å²) in [5.74, 6) is -1.18. The first kappa shape index (κ1) is 16.2. The molecule has 20 heavy (non-hydrogen) atoms. The highest BCUT2D eigenvalue weighted by Gasteiger charge is 2.33. The molecule has 1 aromatic rings. The van der Waals surface area contributed by atoms with Gasteiger partial charge in [0.1, 0.15) is 0 Å². The lowest BCUT2D eigenvalue weighted by Crippen LogP contribution is -2.20. The van der Waals surface area contributed by atoms with Crippen molar-refractivity contribution in [1.82, 2.24) is 4.98 Å². The highest BCUT2D eigenvalue weighted by Crippen LogP contribution is 2.26. The quantitative estimate of drug-likeness (QED) is 0.838. The summed E-state index contributed by atoms with van der Waals surface area (Å²) in [7, 11) is 0. The number of aromatic nitrogens is 1. The van der Waals surface area contributed by atoms with Gasteiger partial charge in [-0.3, -0.25) is 4.79 Å². The maximum atomic E-state index is 12.2. The van der Waals surface area contributed by atoms with Crippen LogP contribution in [0, 0.1) is 6.92 Å². The van der Waals surface area contributed by atoms with Crippen LogP contribution in [0.3, 0.4) is 0 Å². The largest absolute Gasteiger partial charge is 0.574 e. The van der Waals surface area contributed by atoms with Gasteiger partial charge in [0.05, 0.1) is 18.7 Å². The Balaban J connectivity index is 3.08. The minimum atomic E-state index is -4.84. The van der Waals surface area contributed by atoms with Crippen molar-refractivity contribution in [3.05, 3.63) is 22.9 Å². The molecule has 0 spiro atoms. The van der Waals surface area contributed by atoms with Gasteiger partial charge in [-0.2, -0.15) is 0 Å².